The zero-order valence-corrected chi connectivity index (χ0v) is 11.5. The van der Waals surface area contributed by atoms with Gasteiger partial charge in [-0.05, 0) is 44.6 Å². The molecule has 1 saturated carbocycles. The molecule has 1 aliphatic carbocycles. The van der Waals surface area contributed by atoms with E-state index in [-0.39, 0.29) is 11.4 Å². The van der Waals surface area contributed by atoms with Crippen LogP contribution >= 0.6 is 11.8 Å². The molecule has 1 fully saturated rings. The average Bonchev–Trinajstić information content (AvgIpc) is 2.22. The highest BCUT2D eigenvalue weighted by Gasteiger charge is 2.35. The number of carbonyl (C=O) groups excluding carboxylic acids is 1. The van der Waals surface area contributed by atoms with E-state index in [1.54, 1.807) is 0 Å². The molecular weight excluding hydrogens is 220 g/mol. The van der Waals surface area contributed by atoms with Gasteiger partial charge in [-0.1, -0.05) is 0 Å². The molecule has 94 valence electrons. The van der Waals surface area contributed by atoms with Crippen molar-refractivity contribution in [3.8, 4) is 0 Å². The summed E-state index contributed by atoms with van der Waals surface area (Å²) in [5.41, 5.74) is 5.90. The molecule has 0 bridgehead atoms. The van der Waals surface area contributed by atoms with Gasteiger partial charge in [0.2, 0.25) is 5.91 Å². The fourth-order valence-electron chi connectivity index (χ4n) is 1.96. The molecule has 16 heavy (non-hydrogen) atoms. The number of nitrogens with two attached hydrogens (primary N) is 1. The largest absolute Gasteiger partial charge is 0.343 e. The van der Waals surface area contributed by atoms with Gasteiger partial charge >= 0.3 is 0 Å². The van der Waals surface area contributed by atoms with E-state index in [0.717, 1.165) is 25.0 Å². The smallest absolute Gasteiger partial charge is 0.224 e. The molecule has 0 saturated heterocycles. The summed E-state index contributed by atoms with van der Waals surface area (Å²) in [7, 11) is 1.90. The van der Waals surface area contributed by atoms with Gasteiger partial charge in [0.15, 0.2) is 0 Å². The highest BCUT2D eigenvalue weighted by molar-refractivity contribution is 7.98. The van der Waals surface area contributed by atoms with Crippen LogP contribution in [0.5, 0.6) is 0 Å². The summed E-state index contributed by atoms with van der Waals surface area (Å²) in [6.45, 7) is 2.11. The molecule has 4 heteroatoms. The Hall–Kier alpha value is -0.220. The van der Waals surface area contributed by atoms with Crippen LogP contribution in [0.25, 0.3) is 0 Å². The molecule has 0 aromatic rings. The van der Waals surface area contributed by atoms with Crippen molar-refractivity contribution in [3.05, 3.63) is 0 Å². The van der Waals surface area contributed by atoms with E-state index in [2.05, 4.69) is 13.2 Å². The zero-order chi connectivity index (χ0) is 12.2. The van der Waals surface area contributed by atoms with Gasteiger partial charge in [-0.25, -0.2) is 0 Å². The molecular formula is C12H24N2OS. The van der Waals surface area contributed by atoms with Crippen LogP contribution in [0.4, 0.5) is 0 Å². The highest BCUT2D eigenvalue weighted by Crippen LogP contribution is 2.32. The van der Waals surface area contributed by atoms with E-state index in [1.165, 1.54) is 6.42 Å². The molecule has 1 unspecified atom stereocenters. The van der Waals surface area contributed by atoms with Crippen molar-refractivity contribution in [3.63, 3.8) is 0 Å². The SMILES string of the molecule is CSCCC(C)N(C)C(=O)CC1(N)CCC1. The van der Waals surface area contributed by atoms with Crippen molar-refractivity contribution in [2.24, 2.45) is 5.73 Å². The highest BCUT2D eigenvalue weighted by atomic mass is 32.2. The number of hydrogen-bond donors (Lipinski definition) is 1. The Bertz CT molecular complexity index is 241. The number of nitrogens with zero attached hydrogens (tertiary/aromatic N) is 1. The molecule has 0 aliphatic heterocycles. The fraction of sp³-hybridized carbons (Fsp3) is 0.917. The summed E-state index contributed by atoms with van der Waals surface area (Å²) in [4.78, 5) is 13.9. The van der Waals surface area contributed by atoms with Gasteiger partial charge in [0.25, 0.3) is 0 Å². The number of hydrogen-bond acceptors (Lipinski definition) is 3. The lowest BCUT2D eigenvalue weighted by atomic mass is 9.75. The first kappa shape index (κ1) is 13.8. The van der Waals surface area contributed by atoms with E-state index >= 15 is 0 Å². The van der Waals surface area contributed by atoms with Gasteiger partial charge in [0.05, 0.1) is 0 Å². The number of thioether (sulfide) groups is 1. The van der Waals surface area contributed by atoms with Crippen LogP contribution < -0.4 is 5.73 Å². The Balaban J connectivity index is 2.34. The summed E-state index contributed by atoms with van der Waals surface area (Å²) in [6, 6.07) is 0.323. The number of amides is 1. The van der Waals surface area contributed by atoms with E-state index in [9.17, 15) is 4.79 Å². The summed E-state index contributed by atoms with van der Waals surface area (Å²) >= 11 is 1.83. The van der Waals surface area contributed by atoms with E-state index < -0.39 is 0 Å². The molecule has 2 N–H and O–H groups in total. The summed E-state index contributed by atoms with van der Waals surface area (Å²) in [5, 5.41) is 0. The first-order chi connectivity index (χ1) is 7.48. The van der Waals surface area contributed by atoms with Crippen LogP contribution in [0.3, 0.4) is 0 Å². The van der Waals surface area contributed by atoms with Gasteiger partial charge in [-0.15, -0.1) is 0 Å². The van der Waals surface area contributed by atoms with Crippen LogP contribution in [-0.4, -0.2) is 41.4 Å². The normalized spacial score (nSPS) is 20.0. The predicted octanol–water partition coefficient (Wildman–Crippen LogP) is 1.86. The van der Waals surface area contributed by atoms with Crippen molar-refractivity contribution in [2.45, 2.75) is 50.6 Å². The van der Waals surface area contributed by atoms with Gasteiger partial charge in [-0.3, -0.25) is 4.79 Å². The Labute approximate surface area is 103 Å². The Kier molecular flexibility index (Phi) is 5.12. The maximum atomic E-state index is 12.0. The quantitative estimate of drug-likeness (QED) is 0.776. The van der Waals surface area contributed by atoms with Crippen molar-refractivity contribution < 1.29 is 4.79 Å². The molecule has 1 rings (SSSR count). The average molecular weight is 244 g/mol. The van der Waals surface area contributed by atoms with E-state index in [4.69, 9.17) is 5.73 Å². The second-order valence-electron chi connectivity index (χ2n) is 5.03. The van der Waals surface area contributed by atoms with Gasteiger partial charge < -0.3 is 10.6 Å². The molecule has 0 radical (unpaired) electrons. The van der Waals surface area contributed by atoms with Crippen LogP contribution in [-0.2, 0) is 4.79 Å². The van der Waals surface area contributed by atoms with Crippen LogP contribution in [0.2, 0.25) is 0 Å². The minimum Gasteiger partial charge on any atom is -0.343 e. The topological polar surface area (TPSA) is 46.3 Å². The lowest BCUT2D eigenvalue weighted by molar-refractivity contribution is -0.133. The van der Waals surface area contributed by atoms with Gasteiger partial charge in [-0.2, -0.15) is 11.8 Å². The summed E-state index contributed by atoms with van der Waals surface area (Å²) in [5.74, 6) is 1.31. The van der Waals surface area contributed by atoms with Crippen molar-refractivity contribution in [1.82, 2.24) is 4.90 Å². The Morgan fingerprint density at radius 2 is 2.19 bits per heavy atom. The monoisotopic (exact) mass is 244 g/mol. The van der Waals surface area contributed by atoms with Crippen molar-refractivity contribution >= 4 is 17.7 Å². The molecule has 1 aliphatic rings. The molecule has 1 atom stereocenters. The van der Waals surface area contributed by atoms with E-state index in [0.29, 0.717) is 12.5 Å². The molecule has 0 spiro atoms. The van der Waals surface area contributed by atoms with Gasteiger partial charge in [0.1, 0.15) is 0 Å². The molecule has 3 nitrogen and oxygen atoms in total. The summed E-state index contributed by atoms with van der Waals surface area (Å²) < 4.78 is 0. The first-order valence-corrected chi connectivity index (χ1v) is 7.41. The maximum absolute atomic E-state index is 12.0. The van der Waals surface area contributed by atoms with Crippen LogP contribution in [0.15, 0.2) is 0 Å². The van der Waals surface area contributed by atoms with E-state index in [1.807, 2.05) is 23.7 Å². The first-order valence-electron chi connectivity index (χ1n) is 6.02. The van der Waals surface area contributed by atoms with Crippen LogP contribution in [0.1, 0.15) is 39.0 Å². The van der Waals surface area contributed by atoms with Crippen LogP contribution in [0, 0.1) is 0 Å². The lowest BCUT2D eigenvalue weighted by Crippen LogP contribution is -2.51. The third-order valence-electron chi connectivity index (χ3n) is 3.65. The second-order valence-corrected chi connectivity index (χ2v) is 6.01. The summed E-state index contributed by atoms with van der Waals surface area (Å²) in [6.07, 6.45) is 6.86. The molecule has 0 aromatic heterocycles. The standard InChI is InChI=1S/C12H24N2OS/c1-10(5-8-16-3)14(2)11(15)9-12(13)6-4-7-12/h10H,4-9,13H2,1-3H3. The van der Waals surface area contributed by atoms with Crippen molar-refractivity contribution in [1.29, 1.82) is 0 Å². The second kappa shape index (κ2) is 5.92. The third kappa shape index (κ3) is 3.67. The molecule has 0 aromatic carbocycles. The minimum atomic E-state index is -0.190. The molecule has 0 heterocycles. The third-order valence-corrected chi connectivity index (χ3v) is 4.29. The maximum Gasteiger partial charge on any atom is 0.224 e. The Morgan fingerprint density at radius 3 is 2.62 bits per heavy atom. The minimum absolute atomic E-state index is 0.190. The number of carbonyl (C=O) groups is 1. The number of rotatable bonds is 6. The Morgan fingerprint density at radius 1 is 1.56 bits per heavy atom. The fourth-order valence-corrected chi connectivity index (χ4v) is 2.54. The molecule has 1 amide bonds. The predicted molar refractivity (Wildman–Crippen MR) is 70.6 cm³/mol. The zero-order valence-electron chi connectivity index (χ0n) is 10.7. The van der Waals surface area contributed by atoms with Gasteiger partial charge in [0, 0.05) is 25.0 Å². The lowest BCUT2D eigenvalue weighted by Gasteiger charge is -2.39. The van der Waals surface area contributed by atoms with Crippen molar-refractivity contribution in [2.75, 3.05) is 19.1 Å².